The zero-order chi connectivity index (χ0) is 17.5. The quantitative estimate of drug-likeness (QED) is 0.737. The first-order valence-electron chi connectivity index (χ1n) is 8.27. The smallest absolute Gasteiger partial charge is 0.223 e. The molecule has 0 aliphatic carbocycles. The highest BCUT2D eigenvalue weighted by Crippen LogP contribution is 2.23. The summed E-state index contributed by atoms with van der Waals surface area (Å²) < 4.78 is 5.77. The van der Waals surface area contributed by atoms with Crippen LogP contribution in [0.15, 0.2) is 36.4 Å². The lowest BCUT2D eigenvalue weighted by molar-refractivity contribution is -0.121. The van der Waals surface area contributed by atoms with Crippen LogP contribution in [-0.2, 0) is 11.2 Å². The first-order valence-corrected chi connectivity index (χ1v) is 8.27. The van der Waals surface area contributed by atoms with Gasteiger partial charge in [-0.15, -0.1) is 12.4 Å². The first kappa shape index (κ1) is 20.8. The van der Waals surface area contributed by atoms with Crippen LogP contribution in [0.25, 0.3) is 0 Å². The van der Waals surface area contributed by atoms with Crippen LogP contribution in [0, 0.1) is 20.8 Å². The summed E-state index contributed by atoms with van der Waals surface area (Å²) in [7, 11) is 0. The number of nitrogens with one attached hydrogen (secondary N) is 1. The van der Waals surface area contributed by atoms with Gasteiger partial charge in [-0.25, -0.2) is 0 Å². The van der Waals surface area contributed by atoms with E-state index in [9.17, 15) is 4.79 Å². The molecule has 0 bridgehead atoms. The normalized spacial score (nSPS) is 10.0. The fourth-order valence-electron chi connectivity index (χ4n) is 2.52. The van der Waals surface area contributed by atoms with Crippen LogP contribution < -0.4 is 15.8 Å². The zero-order valence-electron chi connectivity index (χ0n) is 15.1. The van der Waals surface area contributed by atoms with Gasteiger partial charge in [-0.3, -0.25) is 4.79 Å². The predicted molar refractivity (Wildman–Crippen MR) is 106 cm³/mol. The predicted octanol–water partition coefficient (Wildman–Crippen LogP) is 3.74. The van der Waals surface area contributed by atoms with Crippen molar-refractivity contribution in [3.8, 4) is 5.75 Å². The van der Waals surface area contributed by atoms with Gasteiger partial charge in [-0.1, -0.05) is 18.2 Å². The molecule has 0 atom stereocenters. The highest BCUT2D eigenvalue weighted by molar-refractivity contribution is 5.85. The Morgan fingerprint density at radius 3 is 2.48 bits per heavy atom. The maximum absolute atomic E-state index is 11.9. The second kappa shape index (κ2) is 9.94. The first-order chi connectivity index (χ1) is 11.5. The van der Waals surface area contributed by atoms with E-state index in [0.717, 1.165) is 29.0 Å². The summed E-state index contributed by atoms with van der Waals surface area (Å²) in [5, 5.41) is 2.92. The fourth-order valence-corrected chi connectivity index (χ4v) is 2.52. The van der Waals surface area contributed by atoms with Gasteiger partial charge in [-0.2, -0.15) is 0 Å². The van der Waals surface area contributed by atoms with Gasteiger partial charge in [0.05, 0.1) is 13.0 Å². The Bertz CT molecular complexity index is 700. The monoisotopic (exact) mass is 362 g/mol. The van der Waals surface area contributed by atoms with Gasteiger partial charge in [0.25, 0.3) is 0 Å². The molecule has 0 heterocycles. The van der Waals surface area contributed by atoms with Crippen LogP contribution in [-0.4, -0.2) is 19.1 Å². The van der Waals surface area contributed by atoms with Crippen molar-refractivity contribution < 1.29 is 9.53 Å². The Hall–Kier alpha value is -2.20. The van der Waals surface area contributed by atoms with Gasteiger partial charge in [-0.05, 0) is 67.6 Å². The molecule has 0 aliphatic rings. The Morgan fingerprint density at radius 1 is 1.12 bits per heavy atom. The third kappa shape index (κ3) is 6.67. The number of carbonyl (C=O) groups excluding carboxylic acids is 1. The van der Waals surface area contributed by atoms with E-state index < -0.39 is 0 Å². The summed E-state index contributed by atoms with van der Waals surface area (Å²) in [5.74, 6) is 0.870. The van der Waals surface area contributed by atoms with Crippen molar-refractivity contribution >= 4 is 24.0 Å². The molecule has 3 N–H and O–H groups in total. The summed E-state index contributed by atoms with van der Waals surface area (Å²) in [5.41, 5.74) is 11.1. The largest absolute Gasteiger partial charge is 0.493 e. The molecular weight excluding hydrogens is 336 g/mol. The van der Waals surface area contributed by atoms with E-state index in [0.29, 0.717) is 19.6 Å². The van der Waals surface area contributed by atoms with Crippen LogP contribution >= 0.6 is 12.4 Å². The number of hydrogen-bond donors (Lipinski definition) is 2. The SMILES string of the molecule is Cc1cc(C)c(C)c(OCCC(=O)NCCc2ccc(N)cc2)c1.Cl. The molecule has 2 rings (SSSR count). The van der Waals surface area contributed by atoms with Crippen LogP contribution in [0.5, 0.6) is 5.75 Å². The third-order valence-corrected chi connectivity index (χ3v) is 4.07. The van der Waals surface area contributed by atoms with Crippen molar-refractivity contribution in [1.29, 1.82) is 0 Å². The highest BCUT2D eigenvalue weighted by Gasteiger charge is 2.06. The van der Waals surface area contributed by atoms with Crippen LogP contribution in [0.2, 0.25) is 0 Å². The second-order valence-electron chi connectivity index (χ2n) is 6.14. The molecule has 0 aromatic heterocycles. The number of nitrogen functional groups attached to an aromatic ring is 1. The van der Waals surface area contributed by atoms with Crippen molar-refractivity contribution in [2.75, 3.05) is 18.9 Å². The minimum absolute atomic E-state index is 0. The number of carbonyl (C=O) groups is 1. The van der Waals surface area contributed by atoms with Crippen molar-refractivity contribution in [1.82, 2.24) is 5.32 Å². The molecule has 0 fully saturated rings. The average molecular weight is 363 g/mol. The molecule has 0 aliphatic heterocycles. The van der Waals surface area contributed by atoms with Crippen molar-refractivity contribution in [2.45, 2.75) is 33.6 Å². The van der Waals surface area contributed by atoms with Crippen molar-refractivity contribution in [2.24, 2.45) is 0 Å². The fraction of sp³-hybridized carbons (Fsp3) is 0.350. The molecule has 1 amide bonds. The van der Waals surface area contributed by atoms with Crippen molar-refractivity contribution in [3.63, 3.8) is 0 Å². The zero-order valence-corrected chi connectivity index (χ0v) is 15.9. The minimum Gasteiger partial charge on any atom is -0.493 e. The van der Waals surface area contributed by atoms with Gasteiger partial charge in [0, 0.05) is 12.2 Å². The summed E-state index contributed by atoms with van der Waals surface area (Å²) in [6.07, 6.45) is 1.15. The number of halogens is 1. The van der Waals surface area contributed by atoms with E-state index >= 15 is 0 Å². The van der Waals surface area contributed by atoms with Crippen LogP contribution in [0.4, 0.5) is 5.69 Å². The van der Waals surface area contributed by atoms with Gasteiger partial charge >= 0.3 is 0 Å². The topological polar surface area (TPSA) is 64.3 Å². The average Bonchev–Trinajstić information content (AvgIpc) is 2.54. The lowest BCUT2D eigenvalue weighted by Gasteiger charge is -2.12. The summed E-state index contributed by atoms with van der Waals surface area (Å²) in [4.78, 5) is 11.9. The van der Waals surface area contributed by atoms with E-state index in [4.69, 9.17) is 10.5 Å². The lowest BCUT2D eigenvalue weighted by atomic mass is 10.1. The third-order valence-electron chi connectivity index (χ3n) is 4.07. The van der Waals surface area contributed by atoms with E-state index in [-0.39, 0.29) is 18.3 Å². The number of amides is 1. The highest BCUT2D eigenvalue weighted by atomic mass is 35.5. The summed E-state index contributed by atoms with van der Waals surface area (Å²) in [6, 6.07) is 11.8. The Kier molecular flexibility index (Phi) is 8.29. The molecule has 2 aromatic carbocycles. The minimum atomic E-state index is 0. The number of aryl methyl sites for hydroxylation is 2. The van der Waals surface area contributed by atoms with Crippen molar-refractivity contribution in [3.05, 3.63) is 58.7 Å². The number of benzene rings is 2. The molecule has 0 spiro atoms. The van der Waals surface area contributed by atoms with E-state index in [1.807, 2.05) is 44.2 Å². The van der Waals surface area contributed by atoms with Gasteiger partial charge < -0.3 is 15.8 Å². The molecule has 136 valence electrons. The molecule has 2 aromatic rings. The maximum atomic E-state index is 11.9. The van der Waals surface area contributed by atoms with Gasteiger partial charge in [0.1, 0.15) is 5.75 Å². The lowest BCUT2D eigenvalue weighted by Crippen LogP contribution is -2.27. The van der Waals surface area contributed by atoms with E-state index in [2.05, 4.69) is 18.3 Å². The molecular formula is C20H27ClN2O2. The Labute approximate surface area is 156 Å². The number of rotatable bonds is 7. The van der Waals surface area contributed by atoms with Gasteiger partial charge in [0.2, 0.25) is 5.91 Å². The number of nitrogens with two attached hydrogens (primary N) is 1. The molecule has 5 heteroatoms. The Morgan fingerprint density at radius 2 is 1.80 bits per heavy atom. The number of ether oxygens (including phenoxy) is 1. The number of anilines is 1. The molecule has 0 radical (unpaired) electrons. The number of hydrogen-bond acceptors (Lipinski definition) is 3. The standard InChI is InChI=1S/C20H26N2O2.ClH/c1-14-12-15(2)16(3)19(13-14)24-11-9-20(23)22-10-8-17-4-6-18(21)7-5-17;/h4-7,12-13H,8-11,21H2,1-3H3,(H,22,23);1H. The summed E-state index contributed by atoms with van der Waals surface area (Å²) in [6.45, 7) is 7.15. The van der Waals surface area contributed by atoms with Crippen LogP contribution in [0.1, 0.15) is 28.7 Å². The maximum Gasteiger partial charge on any atom is 0.223 e. The second-order valence-corrected chi connectivity index (χ2v) is 6.14. The molecule has 0 saturated carbocycles. The van der Waals surface area contributed by atoms with Gasteiger partial charge in [0.15, 0.2) is 0 Å². The molecule has 4 nitrogen and oxygen atoms in total. The molecule has 25 heavy (non-hydrogen) atoms. The van der Waals surface area contributed by atoms with E-state index in [1.54, 1.807) is 0 Å². The molecule has 0 saturated heterocycles. The van der Waals surface area contributed by atoms with E-state index in [1.165, 1.54) is 11.1 Å². The summed E-state index contributed by atoms with van der Waals surface area (Å²) >= 11 is 0. The molecule has 0 unspecified atom stereocenters. The Balaban J connectivity index is 0.00000312. The van der Waals surface area contributed by atoms with Crippen LogP contribution in [0.3, 0.4) is 0 Å².